The number of rotatable bonds is 3. The Bertz CT molecular complexity index is 123. The summed E-state index contributed by atoms with van der Waals surface area (Å²) < 4.78 is -0.0983. The molecule has 0 N–H and O–H groups in total. The summed E-state index contributed by atoms with van der Waals surface area (Å²) in [6.45, 7) is 0. The molecule has 0 spiro atoms. The summed E-state index contributed by atoms with van der Waals surface area (Å²) in [6.07, 6.45) is 0. The second-order valence-electron chi connectivity index (χ2n) is 1.22. The lowest BCUT2D eigenvalue weighted by molar-refractivity contribution is 1.31. The van der Waals surface area contributed by atoms with Crippen LogP contribution in [0.3, 0.4) is 0 Å². The highest BCUT2D eigenvalue weighted by Gasteiger charge is 2.14. The molecule has 0 aliphatic carbocycles. The predicted octanol–water partition coefficient (Wildman–Crippen LogP) is 4.36. The normalized spacial score (nSPS) is 16.0. The number of hydrogen-bond acceptors (Lipinski definition) is 1. The van der Waals surface area contributed by atoms with Crippen LogP contribution in [0.25, 0.3) is 0 Å². The molecule has 0 aromatic heterocycles. The second kappa shape index (κ2) is 6.10. The maximum Gasteiger partial charge on any atom is 0.133 e. The van der Waals surface area contributed by atoms with Gasteiger partial charge in [-0.15, -0.1) is 34.8 Å². The van der Waals surface area contributed by atoms with E-state index < -0.39 is 9.55 Å². The number of thioether (sulfide) groups is 1. The summed E-state index contributed by atoms with van der Waals surface area (Å²) in [4.78, 5) is -0.656. The molecule has 0 saturated carbocycles. The molecule has 0 nitrogen and oxygen atoms in total. The van der Waals surface area contributed by atoms with Crippen molar-refractivity contribution < 1.29 is 0 Å². The molecule has 0 rings (SSSR count). The Balaban J connectivity index is 3.68. The van der Waals surface area contributed by atoms with Gasteiger partial charge in [0.05, 0.1) is 4.36 Å². The molecule has 0 aromatic carbocycles. The van der Waals surface area contributed by atoms with Crippen LogP contribution >= 0.6 is 69.8 Å². The van der Waals surface area contributed by atoms with Gasteiger partial charge in [-0.2, -0.15) is 0 Å². The smallest absolute Gasteiger partial charge is 0.108 e. The van der Waals surface area contributed by atoms with Crippen LogP contribution in [0.4, 0.5) is 0 Å². The van der Waals surface area contributed by atoms with E-state index >= 15 is 0 Å². The molecule has 1 atom stereocenters. The molecule has 0 radical (unpaired) electrons. The van der Waals surface area contributed by atoms with Gasteiger partial charge < -0.3 is 0 Å². The molecule has 1 unspecified atom stereocenters. The van der Waals surface area contributed by atoms with Crippen LogP contribution in [0.15, 0.2) is 9.90 Å². The summed E-state index contributed by atoms with van der Waals surface area (Å²) in [5.41, 5.74) is 1.21. The van der Waals surface area contributed by atoms with Crippen LogP contribution in [0.1, 0.15) is 0 Å². The quantitative estimate of drug-likeness (QED) is 0.679. The lowest BCUT2D eigenvalue weighted by atomic mass is 10.9. The Hall–Kier alpha value is 1.54. The van der Waals surface area contributed by atoms with Crippen molar-refractivity contribution in [2.24, 2.45) is 0 Å². The van der Waals surface area contributed by atoms with Gasteiger partial charge in [0.2, 0.25) is 0 Å². The van der Waals surface area contributed by atoms with E-state index in [-0.39, 0.29) is 0 Å². The summed E-state index contributed by atoms with van der Waals surface area (Å²) in [5.74, 6) is 0. The Kier molecular flexibility index (Phi) is 7.04. The molecule has 0 aliphatic rings. The third kappa shape index (κ3) is 5.22. The molecule has 0 bridgehead atoms. The van der Waals surface area contributed by atoms with E-state index in [2.05, 4.69) is 0 Å². The molecule has 60 valence electrons. The van der Waals surface area contributed by atoms with Crippen LogP contribution in [-0.4, -0.2) is 9.55 Å². The first-order valence-electron chi connectivity index (χ1n) is 2.12. The summed E-state index contributed by atoms with van der Waals surface area (Å²) >= 11 is 28.3. The van der Waals surface area contributed by atoms with Crippen molar-refractivity contribution in [1.29, 1.82) is 0 Å². The minimum atomic E-state index is -0.656. The minimum absolute atomic E-state index is 0.368. The molecular weight excluding hydrogens is 257 g/mol. The van der Waals surface area contributed by atoms with Gasteiger partial charge in [0.1, 0.15) is 9.55 Å². The maximum absolute atomic E-state index is 5.60. The van der Waals surface area contributed by atoms with Gasteiger partial charge >= 0.3 is 0 Å². The molecule has 0 fully saturated rings. The number of hydrogen-bond donors (Lipinski definition) is 0. The van der Waals surface area contributed by atoms with Gasteiger partial charge in [-0.3, -0.25) is 0 Å². The molecule has 0 amide bonds. The van der Waals surface area contributed by atoms with Crippen LogP contribution in [0, 0.1) is 0 Å². The van der Waals surface area contributed by atoms with Crippen molar-refractivity contribution >= 4 is 69.8 Å². The zero-order chi connectivity index (χ0) is 8.15. The molecule has 0 heterocycles. The van der Waals surface area contributed by atoms with Crippen molar-refractivity contribution in [3.8, 4) is 0 Å². The van der Waals surface area contributed by atoms with Gasteiger partial charge in [-0.05, 0) is 0 Å². The fourth-order valence-electron chi connectivity index (χ4n) is 0.185. The van der Waals surface area contributed by atoms with Gasteiger partial charge in [-0.1, -0.05) is 35.0 Å². The first kappa shape index (κ1) is 11.5. The van der Waals surface area contributed by atoms with Crippen LogP contribution in [0.5, 0.6) is 0 Å². The first-order valence-corrected chi connectivity index (χ1v) is 5.13. The highest BCUT2D eigenvalue weighted by atomic mass is 35.5. The number of alkyl halides is 3. The van der Waals surface area contributed by atoms with E-state index in [1.54, 1.807) is 0 Å². The lowest BCUT2D eigenvalue weighted by Gasteiger charge is -2.06. The van der Waals surface area contributed by atoms with Gasteiger partial charge in [0.15, 0.2) is 0 Å². The molecule has 0 saturated heterocycles. The van der Waals surface area contributed by atoms with Crippen LogP contribution < -0.4 is 0 Å². The third-order valence-corrected chi connectivity index (χ3v) is 3.77. The van der Waals surface area contributed by atoms with E-state index in [9.17, 15) is 0 Å². The zero-order valence-corrected chi connectivity index (χ0v) is 9.13. The molecular formula is C4H3Cl5S. The summed E-state index contributed by atoms with van der Waals surface area (Å²) in [5, 5.41) is 0. The molecule has 0 aromatic rings. The van der Waals surface area contributed by atoms with E-state index in [4.69, 9.17) is 58.0 Å². The topological polar surface area (TPSA) is 0 Å². The molecule has 0 aliphatic heterocycles. The highest BCUT2D eigenvalue weighted by Crippen LogP contribution is 2.33. The van der Waals surface area contributed by atoms with Crippen molar-refractivity contribution in [1.82, 2.24) is 0 Å². The summed E-state index contributed by atoms with van der Waals surface area (Å²) in [7, 11) is 0. The van der Waals surface area contributed by atoms with Crippen LogP contribution in [0.2, 0.25) is 0 Å². The monoisotopic (exact) mass is 258 g/mol. The third-order valence-electron chi connectivity index (χ3n) is 0.509. The highest BCUT2D eigenvalue weighted by molar-refractivity contribution is 8.06. The average Bonchev–Trinajstić information content (AvgIpc) is 1.87. The summed E-state index contributed by atoms with van der Waals surface area (Å²) in [6, 6.07) is 0. The number of halogens is 5. The zero-order valence-electron chi connectivity index (χ0n) is 4.53. The van der Waals surface area contributed by atoms with Crippen molar-refractivity contribution in [3.05, 3.63) is 9.90 Å². The largest absolute Gasteiger partial charge is 0.133 e. The maximum atomic E-state index is 5.60. The second-order valence-corrected chi connectivity index (χ2v) is 5.14. The van der Waals surface area contributed by atoms with Crippen molar-refractivity contribution in [2.75, 3.05) is 0 Å². The SMILES string of the molecule is ClC=C(Cl)SC(Cl)C(Cl)Cl. The fraction of sp³-hybridized carbons (Fsp3) is 0.500. The first-order chi connectivity index (χ1) is 4.57. The average molecular weight is 260 g/mol. The Labute approximate surface area is 88.8 Å². The fourth-order valence-corrected chi connectivity index (χ4v) is 1.73. The van der Waals surface area contributed by atoms with Gasteiger partial charge in [0.25, 0.3) is 0 Å². The predicted molar refractivity (Wildman–Crippen MR) is 52.5 cm³/mol. The lowest BCUT2D eigenvalue weighted by Crippen LogP contribution is -2.01. The van der Waals surface area contributed by atoms with Crippen molar-refractivity contribution in [3.63, 3.8) is 0 Å². The Morgan fingerprint density at radius 2 is 1.80 bits per heavy atom. The van der Waals surface area contributed by atoms with E-state index in [0.29, 0.717) is 4.36 Å². The van der Waals surface area contributed by atoms with E-state index in [1.165, 1.54) is 5.54 Å². The van der Waals surface area contributed by atoms with Gasteiger partial charge in [-0.25, -0.2) is 0 Å². The Morgan fingerprint density at radius 3 is 2.10 bits per heavy atom. The van der Waals surface area contributed by atoms with E-state index in [1.807, 2.05) is 0 Å². The molecule has 10 heavy (non-hydrogen) atoms. The standard InChI is InChI=1S/C4H3Cl5S/c5-1-2(6)10-4(9)3(7)8/h1,3-4H. The van der Waals surface area contributed by atoms with Crippen LogP contribution in [-0.2, 0) is 0 Å². The van der Waals surface area contributed by atoms with Gasteiger partial charge in [0, 0.05) is 5.54 Å². The Morgan fingerprint density at radius 1 is 1.30 bits per heavy atom. The molecule has 6 heteroatoms. The minimum Gasteiger partial charge on any atom is -0.108 e. The van der Waals surface area contributed by atoms with E-state index in [0.717, 1.165) is 11.8 Å². The van der Waals surface area contributed by atoms with Crippen molar-refractivity contribution in [2.45, 2.75) is 9.55 Å².